The fourth-order valence-corrected chi connectivity index (χ4v) is 1.78. The van der Waals surface area contributed by atoms with E-state index in [1.54, 1.807) is 0 Å². The molecule has 1 N–H and O–H groups in total. The van der Waals surface area contributed by atoms with Gasteiger partial charge in [0.2, 0.25) is 5.89 Å². The van der Waals surface area contributed by atoms with Crippen LogP contribution >= 0.6 is 23.2 Å². The van der Waals surface area contributed by atoms with Crippen LogP contribution in [-0.2, 0) is 0 Å². The highest BCUT2D eigenvalue weighted by molar-refractivity contribution is 6.34. The Morgan fingerprint density at radius 1 is 1.26 bits per heavy atom. The average molecular weight is 300 g/mol. The van der Waals surface area contributed by atoms with Crippen molar-refractivity contribution in [3.05, 3.63) is 27.8 Å². The van der Waals surface area contributed by atoms with Crippen LogP contribution in [-0.4, -0.2) is 26.3 Å². The number of hydrogen-bond donors (Lipinski definition) is 1. The topological polar surface area (TPSA) is 93.8 Å². The molecular formula is C10H7Cl2N5O2. The lowest BCUT2D eigenvalue weighted by Gasteiger charge is -2.01. The summed E-state index contributed by atoms with van der Waals surface area (Å²) in [6.07, 6.45) is 2.07. The molecule has 2 aromatic rings. The van der Waals surface area contributed by atoms with Crippen LogP contribution in [0.4, 0.5) is 6.01 Å². The normalized spacial score (nSPS) is 14.4. The molecule has 3 rings (SSSR count). The summed E-state index contributed by atoms with van der Waals surface area (Å²) in [6, 6.07) is 1.33. The standard InChI is InChI=1S/C10H7Cl2N5O2/c11-6-3-5(7(12)15-14-6)8(18)13-10-17-16-9(19-10)4-1-2-4/h3-4H,1-2H2,(H,13,17,18). The third-order valence-electron chi connectivity index (χ3n) is 2.55. The van der Waals surface area contributed by atoms with Gasteiger partial charge in [-0.3, -0.25) is 10.1 Å². The molecule has 9 heteroatoms. The smallest absolute Gasteiger partial charge is 0.322 e. The van der Waals surface area contributed by atoms with E-state index in [9.17, 15) is 4.79 Å². The van der Waals surface area contributed by atoms with Gasteiger partial charge in [0, 0.05) is 5.92 Å². The van der Waals surface area contributed by atoms with Gasteiger partial charge in [-0.15, -0.1) is 15.3 Å². The van der Waals surface area contributed by atoms with Crippen molar-refractivity contribution in [1.82, 2.24) is 20.4 Å². The summed E-state index contributed by atoms with van der Waals surface area (Å²) in [7, 11) is 0. The predicted molar refractivity (Wildman–Crippen MR) is 66.3 cm³/mol. The zero-order chi connectivity index (χ0) is 13.4. The number of nitrogens with one attached hydrogen (secondary N) is 1. The summed E-state index contributed by atoms with van der Waals surface area (Å²) >= 11 is 11.4. The molecule has 0 spiro atoms. The van der Waals surface area contributed by atoms with Gasteiger partial charge < -0.3 is 4.42 Å². The van der Waals surface area contributed by atoms with Crippen molar-refractivity contribution in [2.45, 2.75) is 18.8 Å². The number of aromatic nitrogens is 4. The molecule has 1 aliphatic rings. The van der Waals surface area contributed by atoms with Crippen molar-refractivity contribution in [2.24, 2.45) is 0 Å². The second-order valence-electron chi connectivity index (χ2n) is 4.05. The molecule has 0 unspecified atom stereocenters. The van der Waals surface area contributed by atoms with E-state index in [0.717, 1.165) is 12.8 Å². The molecular weight excluding hydrogens is 293 g/mol. The molecule has 1 amide bonds. The molecule has 0 aromatic carbocycles. The first-order valence-electron chi connectivity index (χ1n) is 5.47. The molecule has 1 fully saturated rings. The third kappa shape index (κ3) is 2.66. The Labute approximate surface area is 117 Å². The van der Waals surface area contributed by atoms with Crippen molar-refractivity contribution >= 4 is 35.1 Å². The lowest BCUT2D eigenvalue weighted by Crippen LogP contribution is -2.13. The van der Waals surface area contributed by atoms with E-state index in [-0.39, 0.29) is 21.9 Å². The number of nitrogens with zero attached hydrogens (tertiary/aromatic N) is 4. The quantitative estimate of drug-likeness (QED) is 0.934. The van der Waals surface area contributed by atoms with E-state index >= 15 is 0 Å². The predicted octanol–water partition coefficient (Wildman–Crippen LogP) is 2.30. The fourth-order valence-electron chi connectivity index (χ4n) is 1.46. The van der Waals surface area contributed by atoms with Gasteiger partial charge >= 0.3 is 6.01 Å². The molecule has 0 atom stereocenters. The third-order valence-corrected chi connectivity index (χ3v) is 3.02. The molecule has 0 radical (unpaired) electrons. The van der Waals surface area contributed by atoms with Crippen molar-refractivity contribution in [1.29, 1.82) is 0 Å². The van der Waals surface area contributed by atoms with Crippen LogP contribution in [0.1, 0.15) is 35.0 Å². The van der Waals surface area contributed by atoms with Crippen LogP contribution in [0.2, 0.25) is 10.3 Å². The van der Waals surface area contributed by atoms with Gasteiger partial charge in [0.05, 0.1) is 5.56 Å². The Bertz CT molecular complexity index is 641. The Hall–Kier alpha value is -1.73. The van der Waals surface area contributed by atoms with E-state index in [2.05, 4.69) is 25.7 Å². The number of amides is 1. The molecule has 98 valence electrons. The van der Waals surface area contributed by atoms with Crippen LogP contribution in [0.25, 0.3) is 0 Å². The number of carbonyl (C=O) groups excluding carboxylic acids is 1. The van der Waals surface area contributed by atoms with E-state index in [1.165, 1.54) is 6.07 Å². The molecule has 1 aliphatic carbocycles. The Balaban J connectivity index is 1.77. The van der Waals surface area contributed by atoms with Crippen LogP contribution in [0.5, 0.6) is 0 Å². The van der Waals surface area contributed by atoms with Crippen molar-refractivity contribution in [3.8, 4) is 0 Å². The van der Waals surface area contributed by atoms with E-state index < -0.39 is 5.91 Å². The Morgan fingerprint density at radius 2 is 2.05 bits per heavy atom. The first kappa shape index (κ1) is 12.3. The number of halogens is 2. The summed E-state index contributed by atoms with van der Waals surface area (Å²) in [5, 5.41) is 17.1. The minimum Gasteiger partial charge on any atom is -0.408 e. The fraction of sp³-hybridized carbons (Fsp3) is 0.300. The maximum absolute atomic E-state index is 11.9. The number of carbonyl (C=O) groups is 1. The van der Waals surface area contributed by atoms with Gasteiger partial charge in [-0.05, 0) is 18.9 Å². The number of hydrogen-bond acceptors (Lipinski definition) is 6. The average Bonchev–Trinajstić information content (AvgIpc) is 3.13. The molecule has 0 saturated heterocycles. The van der Waals surface area contributed by atoms with Crippen LogP contribution < -0.4 is 5.32 Å². The number of anilines is 1. The summed E-state index contributed by atoms with van der Waals surface area (Å²) in [5.41, 5.74) is 0.0906. The van der Waals surface area contributed by atoms with Crippen LogP contribution in [0.15, 0.2) is 10.5 Å². The molecule has 0 aliphatic heterocycles. The zero-order valence-corrected chi connectivity index (χ0v) is 10.9. The molecule has 2 heterocycles. The van der Waals surface area contributed by atoms with Gasteiger partial charge in [-0.25, -0.2) is 0 Å². The Kier molecular flexibility index (Phi) is 3.08. The summed E-state index contributed by atoms with van der Waals surface area (Å²) in [4.78, 5) is 11.9. The lowest BCUT2D eigenvalue weighted by atomic mass is 10.3. The highest BCUT2D eigenvalue weighted by Gasteiger charge is 2.29. The zero-order valence-electron chi connectivity index (χ0n) is 9.43. The van der Waals surface area contributed by atoms with Crippen molar-refractivity contribution in [3.63, 3.8) is 0 Å². The van der Waals surface area contributed by atoms with Crippen LogP contribution in [0, 0.1) is 0 Å². The summed E-state index contributed by atoms with van der Waals surface area (Å²) < 4.78 is 5.30. The summed E-state index contributed by atoms with van der Waals surface area (Å²) in [5.74, 6) is 0.318. The minimum atomic E-state index is -0.534. The Morgan fingerprint density at radius 3 is 2.79 bits per heavy atom. The second-order valence-corrected chi connectivity index (χ2v) is 4.79. The molecule has 2 aromatic heterocycles. The van der Waals surface area contributed by atoms with Gasteiger partial charge in [0.25, 0.3) is 5.91 Å². The number of rotatable bonds is 3. The maximum Gasteiger partial charge on any atom is 0.322 e. The minimum absolute atomic E-state index is 0.0240. The lowest BCUT2D eigenvalue weighted by molar-refractivity contribution is 0.102. The van der Waals surface area contributed by atoms with E-state index in [1.807, 2.05) is 0 Å². The SMILES string of the molecule is O=C(Nc1nnc(C2CC2)o1)c1cc(Cl)nnc1Cl. The van der Waals surface area contributed by atoms with Gasteiger partial charge in [0.15, 0.2) is 10.3 Å². The van der Waals surface area contributed by atoms with Crippen molar-refractivity contribution < 1.29 is 9.21 Å². The monoisotopic (exact) mass is 299 g/mol. The highest BCUT2D eigenvalue weighted by Crippen LogP contribution is 2.39. The van der Waals surface area contributed by atoms with Crippen molar-refractivity contribution in [2.75, 3.05) is 5.32 Å². The van der Waals surface area contributed by atoms with E-state index in [0.29, 0.717) is 11.8 Å². The maximum atomic E-state index is 11.9. The van der Waals surface area contributed by atoms with Gasteiger partial charge in [0.1, 0.15) is 0 Å². The first-order chi connectivity index (χ1) is 9.13. The van der Waals surface area contributed by atoms with Gasteiger partial charge in [-0.2, -0.15) is 0 Å². The van der Waals surface area contributed by atoms with Crippen LogP contribution in [0.3, 0.4) is 0 Å². The first-order valence-corrected chi connectivity index (χ1v) is 6.22. The molecule has 1 saturated carbocycles. The van der Waals surface area contributed by atoms with E-state index in [4.69, 9.17) is 27.6 Å². The largest absolute Gasteiger partial charge is 0.408 e. The molecule has 7 nitrogen and oxygen atoms in total. The summed E-state index contributed by atoms with van der Waals surface area (Å²) in [6.45, 7) is 0. The van der Waals surface area contributed by atoms with Gasteiger partial charge in [-0.1, -0.05) is 28.3 Å². The highest BCUT2D eigenvalue weighted by atomic mass is 35.5. The molecule has 19 heavy (non-hydrogen) atoms. The second kappa shape index (κ2) is 4.75. The molecule has 0 bridgehead atoms.